The Morgan fingerprint density at radius 3 is 2.61 bits per heavy atom. The molecule has 2 atom stereocenters. The number of ether oxygens (including phenoxy) is 1. The van der Waals surface area contributed by atoms with Crippen molar-refractivity contribution in [3.05, 3.63) is 53.3 Å². The van der Waals surface area contributed by atoms with Gasteiger partial charge in [-0.1, -0.05) is 44.2 Å². The minimum absolute atomic E-state index is 0.0577. The number of aromatic nitrogens is 2. The Morgan fingerprint density at radius 1 is 1.21 bits per heavy atom. The second-order valence-electron chi connectivity index (χ2n) is 8.56. The summed E-state index contributed by atoms with van der Waals surface area (Å²) in [5.41, 5.74) is 2.86. The van der Waals surface area contributed by atoms with Crippen LogP contribution in [0.3, 0.4) is 0 Å². The topological polar surface area (TPSA) is 47.4 Å². The van der Waals surface area contributed by atoms with Crippen LogP contribution in [0.5, 0.6) is 0 Å². The third-order valence-electron chi connectivity index (χ3n) is 5.70. The van der Waals surface area contributed by atoms with Gasteiger partial charge in [-0.25, -0.2) is 0 Å². The number of nitrogens with zero attached hydrogens (tertiary/aromatic N) is 3. The summed E-state index contributed by atoms with van der Waals surface area (Å²) < 4.78 is 8.27. The number of aryl methyl sites for hydroxylation is 1. The SMILES string of the molecule is CCn1nc(CC(C)C)cc1C(=O)N1C[C@@H](c2ccccc2)O[C@@H](C2CC2)C1. The van der Waals surface area contributed by atoms with Crippen LogP contribution in [-0.2, 0) is 17.7 Å². The molecule has 0 radical (unpaired) electrons. The summed E-state index contributed by atoms with van der Waals surface area (Å²) in [7, 11) is 0. The first-order valence-electron chi connectivity index (χ1n) is 10.6. The molecular weight excluding hydrogens is 350 g/mol. The summed E-state index contributed by atoms with van der Waals surface area (Å²) in [6.45, 7) is 8.39. The zero-order valence-corrected chi connectivity index (χ0v) is 17.2. The Morgan fingerprint density at radius 2 is 1.96 bits per heavy atom. The average molecular weight is 382 g/mol. The van der Waals surface area contributed by atoms with E-state index in [2.05, 4.69) is 31.1 Å². The van der Waals surface area contributed by atoms with Crippen LogP contribution >= 0.6 is 0 Å². The first-order chi connectivity index (χ1) is 13.5. The summed E-state index contributed by atoms with van der Waals surface area (Å²) in [5, 5.41) is 4.67. The normalized spacial score (nSPS) is 22.6. The molecule has 2 aliphatic rings. The molecule has 1 aromatic heterocycles. The van der Waals surface area contributed by atoms with E-state index in [1.54, 1.807) is 0 Å². The largest absolute Gasteiger partial charge is 0.366 e. The number of amides is 1. The second kappa shape index (κ2) is 8.08. The van der Waals surface area contributed by atoms with Crippen molar-refractivity contribution in [1.29, 1.82) is 0 Å². The zero-order chi connectivity index (χ0) is 19.7. The van der Waals surface area contributed by atoms with E-state index in [9.17, 15) is 4.79 Å². The average Bonchev–Trinajstić information content (AvgIpc) is 3.48. The van der Waals surface area contributed by atoms with Crippen molar-refractivity contribution >= 4 is 5.91 Å². The Kier molecular flexibility index (Phi) is 5.54. The highest BCUT2D eigenvalue weighted by molar-refractivity contribution is 5.93. The van der Waals surface area contributed by atoms with E-state index in [0.717, 1.165) is 17.7 Å². The molecule has 1 saturated carbocycles. The van der Waals surface area contributed by atoms with E-state index in [-0.39, 0.29) is 18.1 Å². The van der Waals surface area contributed by atoms with E-state index in [0.29, 0.717) is 37.2 Å². The predicted molar refractivity (Wildman–Crippen MR) is 109 cm³/mol. The molecule has 0 unspecified atom stereocenters. The van der Waals surface area contributed by atoms with Gasteiger partial charge in [-0.2, -0.15) is 5.10 Å². The van der Waals surface area contributed by atoms with Gasteiger partial charge in [0.1, 0.15) is 11.8 Å². The highest BCUT2D eigenvalue weighted by atomic mass is 16.5. The number of morpholine rings is 1. The van der Waals surface area contributed by atoms with Gasteiger partial charge in [0.15, 0.2) is 0 Å². The molecule has 0 N–H and O–H groups in total. The van der Waals surface area contributed by atoms with Crippen LogP contribution in [0.1, 0.15) is 61.5 Å². The lowest BCUT2D eigenvalue weighted by Crippen LogP contribution is -2.48. The quantitative estimate of drug-likeness (QED) is 0.757. The van der Waals surface area contributed by atoms with Gasteiger partial charge in [0.25, 0.3) is 5.91 Å². The van der Waals surface area contributed by atoms with Gasteiger partial charge in [-0.05, 0) is 49.7 Å². The monoisotopic (exact) mass is 381 g/mol. The van der Waals surface area contributed by atoms with Crippen molar-refractivity contribution in [1.82, 2.24) is 14.7 Å². The Labute approximate surface area is 167 Å². The maximum atomic E-state index is 13.5. The summed E-state index contributed by atoms with van der Waals surface area (Å²) in [5.74, 6) is 1.20. The molecular formula is C23H31N3O2. The number of hydrogen-bond acceptors (Lipinski definition) is 3. The highest BCUT2D eigenvalue weighted by Gasteiger charge is 2.40. The maximum absolute atomic E-state index is 13.5. The Balaban J connectivity index is 1.58. The van der Waals surface area contributed by atoms with Gasteiger partial charge in [-0.15, -0.1) is 0 Å². The fraction of sp³-hybridized carbons (Fsp3) is 0.565. The highest BCUT2D eigenvalue weighted by Crippen LogP contribution is 2.39. The minimum Gasteiger partial charge on any atom is -0.366 e. The Hall–Kier alpha value is -2.14. The van der Waals surface area contributed by atoms with Crippen LogP contribution in [0.4, 0.5) is 0 Å². The number of carbonyl (C=O) groups is 1. The molecule has 1 aliphatic heterocycles. The van der Waals surface area contributed by atoms with Crippen LogP contribution in [-0.4, -0.2) is 39.8 Å². The summed E-state index contributed by atoms with van der Waals surface area (Å²) in [6.07, 6.45) is 3.39. The molecule has 1 aromatic carbocycles. The molecule has 2 aromatic rings. The van der Waals surface area contributed by atoms with Gasteiger partial charge >= 0.3 is 0 Å². The molecule has 2 fully saturated rings. The first-order valence-corrected chi connectivity index (χ1v) is 10.6. The van der Waals surface area contributed by atoms with E-state index >= 15 is 0 Å². The number of hydrogen-bond donors (Lipinski definition) is 0. The number of carbonyl (C=O) groups excluding carboxylic acids is 1. The maximum Gasteiger partial charge on any atom is 0.272 e. The van der Waals surface area contributed by atoms with E-state index in [1.807, 2.05) is 40.8 Å². The third-order valence-corrected chi connectivity index (χ3v) is 5.70. The third kappa shape index (κ3) is 4.14. The van der Waals surface area contributed by atoms with E-state index in [1.165, 1.54) is 12.8 Å². The zero-order valence-electron chi connectivity index (χ0n) is 17.2. The molecule has 28 heavy (non-hydrogen) atoms. The number of rotatable bonds is 6. The van der Waals surface area contributed by atoms with Crippen molar-refractivity contribution in [2.75, 3.05) is 13.1 Å². The van der Waals surface area contributed by atoms with Gasteiger partial charge in [0, 0.05) is 13.1 Å². The standard InChI is InChI=1S/C23H31N3O2/c1-4-26-20(13-19(24-26)12-16(2)3)23(27)25-14-21(17-8-6-5-7-9-17)28-22(15-25)18-10-11-18/h5-9,13,16,18,21-22H,4,10-12,14-15H2,1-3H3/t21-,22+/m0/s1. The van der Waals surface area contributed by atoms with Crippen LogP contribution in [0.25, 0.3) is 0 Å². The second-order valence-corrected chi connectivity index (χ2v) is 8.56. The van der Waals surface area contributed by atoms with Crippen LogP contribution in [0.2, 0.25) is 0 Å². The van der Waals surface area contributed by atoms with E-state index < -0.39 is 0 Å². The lowest BCUT2D eigenvalue weighted by Gasteiger charge is -2.38. The molecule has 0 spiro atoms. The van der Waals surface area contributed by atoms with Crippen molar-refractivity contribution in [2.24, 2.45) is 11.8 Å². The summed E-state index contributed by atoms with van der Waals surface area (Å²) in [4.78, 5) is 15.4. The van der Waals surface area contributed by atoms with Crippen LogP contribution < -0.4 is 0 Å². The lowest BCUT2D eigenvalue weighted by atomic mass is 10.0. The van der Waals surface area contributed by atoms with Crippen molar-refractivity contribution in [3.8, 4) is 0 Å². The Bertz CT molecular complexity index is 811. The van der Waals surface area contributed by atoms with Gasteiger partial charge in [0.05, 0.1) is 18.3 Å². The molecule has 1 saturated heterocycles. The molecule has 5 nitrogen and oxygen atoms in total. The van der Waals surface area contributed by atoms with Gasteiger partial charge < -0.3 is 9.64 Å². The van der Waals surface area contributed by atoms with Gasteiger partial charge in [0.2, 0.25) is 0 Å². The molecule has 1 amide bonds. The lowest BCUT2D eigenvalue weighted by molar-refractivity contribution is -0.0865. The summed E-state index contributed by atoms with van der Waals surface area (Å²) in [6, 6.07) is 12.3. The fourth-order valence-corrected chi connectivity index (χ4v) is 4.10. The van der Waals surface area contributed by atoms with Gasteiger partial charge in [-0.3, -0.25) is 9.48 Å². The fourth-order valence-electron chi connectivity index (χ4n) is 4.10. The van der Waals surface area contributed by atoms with Crippen molar-refractivity contribution in [3.63, 3.8) is 0 Å². The smallest absolute Gasteiger partial charge is 0.272 e. The molecule has 4 rings (SSSR count). The molecule has 0 bridgehead atoms. The van der Waals surface area contributed by atoms with Crippen LogP contribution in [0.15, 0.2) is 36.4 Å². The molecule has 150 valence electrons. The molecule has 5 heteroatoms. The van der Waals surface area contributed by atoms with Crippen LogP contribution in [0, 0.1) is 11.8 Å². The van der Waals surface area contributed by atoms with Crippen molar-refractivity contribution < 1.29 is 9.53 Å². The first kappa shape index (κ1) is 19.2. The predicted octanol–water partition coefficient (Wildman–Crippen LogP) is 4.09. The molecule has 1 aliphatic carbocycles. The summed E-state index contributed by atoms with van der Waals surface area (Å²) >= 11 is 0. The van der Waals surface area contributed by atoms with E-state index in [4.69, 9.17) is 4.74 Å². The van der Waals surface area contributed by atoms with Crippen molar-refractivity contribution in [2.45, 2.75) is 58.8 Å². The number of benzene rings is 1. The minimum atomic E-state index is -0.0577. The molecule has 2 heterocycles.